The number of hydrogen-bond donors (Lipinski definition) is 4. The van der Waals surface area contributed by atoms with Gasteiger partial charge in [0.2, 0.25) is 0 Å². The van der Waals surface area contributed by atoms with E-state index in [0.717, 1.165) is 6.34 Å². The highest BCUT2D eigenvalue weighted by Gasteiger charge is 2.09. The Kier molecular flexibility index (Phi) is 2.85. The molecular formula is C7H9N5O2. The third-order valence-electron chi connectivity index (χ3n) is 1.47. The molecule has 0 aliphatic carbocycles. The second-order valence-electron chi connectivity index (χ2n) is 2.40. The number of rotatable bonds is 3. The Morgan fingerprint density at radius 1 is 1.43 bits per heavy atom. The number of hydrazone groups is 1. The zero-order chi connectivity index (χ0) is 10.6. The Balaban J connectivity index is 2.76. The number of nitrogens with two attached hydrogens (primary N) is 2. The zero-order valence-corrected chi connectivity index (χ0v) is 7.15. The lowest BCUT2D eigenvalue weighted by molar-refractivity contribution is 0.0974. The molecule has 0 saturated carbocycles. The Hall–Kier alpha value is -2.31. The van der Waals surface area contributed by atoms with Gasteiger partial charge in [0.1, 0.15) is 17.7 Å². The minimum Gasteiger partial charge on any atom is -0.364 e. The molecule has 0 aromatic carbocycles. The molecule has 0 bridgehead atoms. The van der Waals surface area contributed by atoms with Crippen LogP contribution in [0, 0.1) is 0 Å². The molecular weight excluding hydrogens is 186 g/mol. The van der Waals surface area contributed by atoms with Crippen molar-refractivity contribution < 1.29 is 9.59 Å². The molecule has 0 aliphatic heterocycles. The van der Waals surface area contributed by atoms with E-state index in [4.69, 9.17) is 11.6 Å². The second kappa shape index (κ2) is 4.08. The van der Waals surface area contributed by atoms with Crippen LogP contribution in [0.3, 0.4) is 0 Å². The van der Waals surface area contributed by atoms with Gasteiger partial charge in [-0.2, -0.15) is 5.10 Å². The largest absolute Gasteiger partial charge is 0.364 e. The summed E-state index contributed by atoms with van der Waals surface area (Å²) in [7, 11) is 0. The van der Waals surface area contributed by atoms with Crippen molar-refractivity contribution in [3.05, 3.63) is 23.5 Å². The number of aromatic nitrogens is 1. The smallest absolute Gasteiger partial charge is 0.272 e. The van der Waals surface area contributed by atoms with Crippen LogP contribution in [0.25, 0.3) is 0 Å². The molecule has 0 atom stereocenters. The van der Waals surface area contributed by atoms with Gasteiger partial charge in [-0.25, -0.2) is 0 Å². The molecule has 1 heterocycles. The third-order valence-corrected chi connectivity index (χ3v) is 1.47. The first-order valence-electron chi connectivity index (χ1n) is 3.66. The summed E-state index contributed by atoms with van der Waals surface area (Å²) in [4.78, 5) is 24.4. The molecule has 0 unspecified atom stereocenters. The van der Waals surface area contributed by atoms with E-state index in [1.54, 1.807) is 0 Å². The van der Waals surface area contributed by atoms with Crippen molar-refractivity contribution in [3.8, 4) is 0 Å². The summed E-state index contributed by atoms with van der Waals surface area (Å²) in [6.45, 7) is 0. The van der Waals surface area contributed by atoms with Crippen LogP contribution in [0.4, 0.5) is 0 Å². The van der Waals surface area contributed by atoms with Crippen molar-refractivity contribution in [2.45, 2.75) is 0 Å². The van der Waals surface area contributed by atoms with E-state index in [2.05, 4.69) is 15.4 Å². The summed E-state index contributed by atoms with van der Waals surface area (Å²) in [6.07, 6.45) is 1.03. The molecule has 74 valence electrons. The molecule has 1 aromatic heterocycles. The van der Waals surface area contributed by atoms with Gasteiger partial charge in [0.15, 0.2) is 0 Å². The van der Waals surface area contributed by atoms with Gasteiger partial charge in [-0.1, -0.05) is 0 Å². The number of carbonyl (C=O) groups is 2. The van der Waals surface area contributed by atoms with Crippen molar-refractivity contribution >= 4 is 18.2 Å². The topological polar surface area (TPSA) is 126 Å². The number of amides is 2. The van der Waals surface area contributed by atoms with Gasteiger partial charge in [0, 0.05) is 0 Å². The summed E-state index contributed by atoms with van der Waals surface area (Å²) in [5, 5.41) is 5.34. The Morgan fingerprint density at radius 3 is 2.57 bits per heavy atom. The van der Waals surface area contributed by atoms with Crippen LogP contribution in [-0.4, -0.2) is 23.1 Å². The third kappa shape index (κ3) is 2.09. The van der Waals surface area contributed by atoms with E-state index >= 15 is 0 Å². The zero-order valence-electron chi connectivity index (χ0n) is 7.15. The predicted octanol–water partition coefficient (Wildman–Crippen LogP) is -1.25. The van der Waals surface area contributed by atoms with Gasteiger partial charge >= 0.3 is 0 Å². The highest BCUT2D eigenvalue weighted by atomic mass is 16.2. The van der Waals surface area contributed by atoms with Crippen LogP contribution in [-0.2, 0) is 0 Å². The van der Waals surface area contributed by atoms with Crippen molar-refractivity contribution in [3.63, 3.8) is 0 Å². The van der Waals surface area contributed by atoms with Crippen LogP contribution in [0.1, 0.15) is 21.0 Å². The van der Waals surface area contributed by atoms with Gasteiger partial charge < -0.3 is 21.9 Å². The number of hydrogen-bond acceptors (Lipinski definition) is 4. The Labute approximate surface area is 79.2 Å². The number of nitrogens with one attached hydrogen (secondary N) is 2. The van der Waals surface area contributed by atoms with Crippen LogP contribution in [0.5, 0.6) is 0 Å². The lowest BCUT2D eigenvalue weighted by atomic mass is 10.4. The minimum atomic E-state index is -0.628. The van der Waals surface area contributed by atoms with Crippen LogP contribution >= 0.6 is 0 Å². The van der Waals surface area contributed by atoms with Gasteiger partial charge in [-0.3, -0.25) is 9.59 Å². The van der Waals surface area contributed by atoms with E-state index in [9.17, 15) is 9.59 Å². The molecule has 2 amide bonds. The number of H-pyrrole nitrogens is 1. The highest BCUT2D eigenvalue weighted by molar-refractivity contribution is 6.01. The molecule has 7 heteroatoms. The van der Waals surface area contributed by atoms with Crippen molar-refractivity contribution in [1.82, 2.24) is 10.3 Å². The molecule has 0 radical (unpaired) electrons. The molecule has 0 fully saturated rings. The standard InChI is InChI=1S/C7H9N5O2/c8-6(13)4-1-2-5(12-4)7(14)10-3-11-9/h1-3,12H,9H2,(H2,8,13)(H,10,11,14). The fraction of sp³-hybridized carbons (Fsp3) is 0. The maximum absolute atomic E-state index is 11.2. The fourth-order valence-corrected chi connectivity index (χ4v) is 0.845. The van der Waals surface area contributed by atoms with Crippen LogP contribution in [0.2, 0.25) is 0 Å². The first kappa shape index (κ1) is 9.78. The maximum atomic E-state index is 11.2. The highest BCUT2D eigenvalue weighted by Crippen LogP contribution is 2.00. The van der Waals surface area contributed by atoms with Gasteiger partial charge in [-0.15, -0.1) is 0 Å². The number of primary amides is 1. The lowest BCUT2D eigenvalue weighted by Gasteiger charge is -1.94. The molecule has 14 heavy (non-hydrogen) atoms. The number of aromatic amines is 1. The summed E-state index contributed by atoms with van der Waals surface area (Å²) in [5.74, 6) is 3.70. The van der Waals surface area contributed by atoms with Crippen LogP contribution in [0.15, 0.2) is 17.2 Å². The van der Waals surface area contributed by atoms with Gasteiger partial charge in [-0.05, 0) is 12.1 Å². The van der Waals surface area contributed by atoms with E-state index in [-0.39, 0.29) is 11.4 Å². The fourth-order valence-electron chi connectivity index (χ4n) is 0.845. The van der Waals surface area contributed by atoms with E-state index in [1.165, 1.54) is 12.1 Å². The maximum Gasteiger partial charge on any atom is 0.272 e. The van der Waals surface area contributed by atoms with Crippen LogP contribution < -0.4 is 16.9 Å². The first-order valence-corrected chi connectivity index (χ1v) is 3.66. The first-order chi connectivity index (χ1) is 6.65. The average Bonchev–Trinajstić information content (AvgIpc) is 2.62. The SMILES string of the molecule is NN=CNC(=O)c1ccc(C(N)=O)[nH]1. The molecule has 1 rings (SSSR count). The summed E-state index contributed by atoms with van der Waals surface area (Å²) >= 11 is 0. The van der Waals surface area contributed by atoms with E-state index in [1.807, 2.05) is 0 Å². The van der Waals surface area contributed by atoms with E-state index in [0.29, 0.717) is 0 Å². The second-order valence-corrected chi connectivity index (χ2v) is 2.40. The Morgan fingerprint density at radius 2 is 2.07 bits per heavy atom. The number of nitrogens with zero attached hydrogens (tertiary/aromatic N) is 1. The molecule has 7 nitrogen and oxygen atoms in total. The molecule has 1 aromatic rings. The molecule has 0 aliphatic rings. The Bertz CT molecular complexity index is 381. The summed E-state index contributed by atoms with van der Waals surface area (Å²) < 4.78 is 0. The van der Waals surface area contributed by atoms with Gasteiger partial charge in [0.05, 0.1) is 0 Å². The predicted molar refractivity (Wildman–Crippen MR) is 49.5 cm³/mol. The van der Waals surface area contributed by atoms with Crippen molar-refractivity contribution in [1.29, 1.82) is 0 Å². The monoisotopic (exact) mass is 195 g/mol. The lowest BCUT2D eigenvalue weighted by Crippen LogP contribution is -2.22. The summed E-state index contributed by atoms with van der Waals surface area (Å²) in [6, 6.07) is 2.84. The average molecular weight is 195 g/mol. The molecule has 0 spiro atoms. The summed E-state index contributed by atoms with van der Waals surface area (Å²) in [5.41, 5.74) is 5.35. The normalized spacial score (nSPS) is 10.3. The van der Waals surface area contributed by atoms with Gasteiger partial charge in [0.25, 0.3) is 11.8 Å². The van der Waals surface area contributed by atoms with Crippen molar-refractivity contribution in [2.24, 2.45) is 16.7 Å². The molecule has 0 saturated heterocycles. The minimum absolute atomic E-state index is 0.167. The van der Waals surface area contributed by atoms with E-state index < -0.39 is 11.8 Å². The quantitative estimate of drug-likeness (QED) is 0.208. The molecule has 6 N–H and O–H groups in total. The number of carbonyl (C=O) groups excluding carboxylic acids is 2. The van der Waals surface area contributed by atoms with Crippen molar-refractivity contribution in [2.75, 3.05) is 0 Å².